The molecule has 0 spiro atoms. The molecule has 1 aliphatic heterocycles. The molecule has 3 nitrogen and oxygen atoms in total. The van der Waals surface area contributed by atoms with Crippen LogP contribution in [0.25, 0.3) is 0 Å². The van der Waals surface area contributed by atoms with Gasteiger partial charge in [0.25, 0.3) is 0 Å². The zero-order valence-electron chi connectivity index (χ0n) is 7.43. The third kappa shape index (κ3) is 1.61. The molecule has 0 radical (unpaired) electrons. The van der Waals surface area contributed by atoms with E-state index in [1.165, 1.54) is 0 Å². The van der Waals surface area contributed by atoms with Gasteiger partial charge in [-0.15, -0.1) is 0 Å². The maximum absolute atomic E-state index is 12.3. The van der Waals surface area contributed by atoms with Crippen LogP contribution in [0.1, 0.15) is 11.5 Å². The molecule has 0 saturated heterocycles. The van der Waals surface area contributed by atoms with Gasteiger partial charge in [0, 0.05) is 6.20 Å². The number of alkyl halides is 3. The number of imidazole rings is 1. The molecular weight excluding hydrogens is 195 g/mol. The minimum absolute atomic E-state index is 0.454. The van der Waals surface area contributed by atoms with E-state index in [0.717, 1.165) is 17.6 Å². The highest BCUT2D eigenvalue weighted by Gasteiger charge is 2.35. The normalized spacial score (nSPS) is 22.1. The number of hydrogen-bond acceptors (Lipinski definition) is 1. The Morgan fingerprint density at radius 1 is 1.50 bits per heavy atom. The van der Waals surface area contributed by atoms with Crippen molar-refractivity contribution in [2.24, 2.45) is 0 Å². The maximum Gasteiger partial charge on any atom is 0.434 e. The summed E-state index contributed by atoms with van der Waals surface area (Å²) >= 11 is 0. The third-order valence-electron chi connectivity index (χ3n) is 2.26. The number of nitrogens with zero attached hydrogens (tertiary/aromatic N) is 2. The van der Waals surface area contributed by atoms with Crippen molar-refractivity contribution in [2.75, 3.05) is 6.54 Å². The molecule has 78 valence electrons. The standard InChI is InChI=1S/C8H10F3N3/c1-13-2-3-14-4-6(8(9,10)11)12-7(14)5-13/h4,13H,1-3,5H2. The van der Waals surface area contributed by atoms with Crippen LogP contribution >= 0.6 is 0 Å². The first-order chi connectivity index (χ1) is 6.47. The SMILES string of the molecule is [CH2-][NH+]1CCn2cc(C(F)(F)F)nc2C1. The van der Waals surface area contributed by atoms with Gasteiger partial charge in [-0.05, 0) is 0 Å². The van der Waals surface area contributed by atoms with Gasteiger partial charge in [0.15, 0.2) is 11.5 Å². The Kier molecular flexibility index (Phi) is 2.02. The summed E-state index contributed by atoms with van der Waals surface area (Å²) in [6.45, 7) is 1.74. The molecule has 0 fully saturated rings. The van der Waals surface area contributed by atoms with Gasteiger partial charge >= 0.3 is 6.18 Å². The van der Waals surface area contributed by atoms with Crippen molar-refractivity contribution in [1.29, 1.82) is 0 Å². The van der Waals surface area contributed by atoms with Crippen LogP contribution in [-0.4, -0.2) is 16.1 Å². The number of hydrogen-bond donors (Lipinski definition) is 1. The molecule has 1 atom stereocenters. The van der Waals surface area contributed by atoms with Crippen molar-refractivity contribution >= 4 is 0 Å². The number of fused-ring (bicyclic) bond motifs is 1. The van der Waals surface area contributed by atoms with Crippen LogP contribution in [0.3, 0.4) is 0 Å². The monoisotopic (exact) mass is 205 g/mol. The first-order valence-electron chi connectivity index (χ1n) is 4.27. The summed E-state index contributed by atoms with van der Waals surface area (Å²) in [6, 6.07) is 0. The quantitative estimate of drug-likeness (QED) is 0.596. The third-order valence-corrected chi connectivity index (χ3v) is 2.26. The van der Waals surface area contributed by atoms with E-state index in [-0.39, 0.29) is 0 Å². The lowest BCUT2D eigenvalue weighted by atomic mass is 10.4. The van der Waals surface area contributed by atoms with E-state index < -0.39 is 11.9 Å². The second-order valence-corrected chi connectivity index (χ2v) is 3.41. The van der Waals surface area contributed by atoms with Crippen molar-refractivity contribution in [3.8, 4) is 0 Å². The van der Waals surface area contributed by atoms with Gasteiger partial charge in [0.1, 0.15) is 6.54 Å². The minimum Gasteiger partial charge on any atom is -0.460 e. The predicted molar refractivity (Wildman–Crippen MR) is 42.1 cm³/mol. The van der Waals surface area contributed by atoms with Gasteiger partial charge < -0.3 is 9.47 Å². The fourth-order valence-electron chi connectivity index (χ4n) is 1.52. The Balaban J connectivity index is 2.32. The molecule has 0 amide bonds. The Labute approximate surface area is 79.1 Å². The molecule has 0 saturated carbocycles. The zero-order valence-corrected chi connectivity index (χ0v) is 7.43. The molecule has 1 aliphatic rings. The number of quaternary nitrogens is 1. The predicted octanol–water partition coefficient (Wildman–Crippen LogP) is 0.0920. The Bertz CT molecular complexity index is 342. The number of rotatable bonds is 0. The summed E-state index contributed by atoms with van der Waals surface area (Å²) in [7, 11) is 3.75. The first kappa shape index (κ1) is 9.51. The van der Waals surface area contributed by atoms with Gasteiger partial charge in [-0.25, -0.2) is 4.98 Å². The molecule has 14 heavy (non-hydrogen) atoms. The van der Waals surface area contributed by atoms with E-state index >= 15 is 0 Å². The smallest absolute Gasteiger partial charge is 0.434 e. The molecule has 1 aromatic rings. The van der Waals surface area contributed by atoms with Crippen LogP contribution in [-0.2, 0) is 19.3 Å². The summed E-state index contributed by atoms with van der Waals surface area (Å²) in [5.74, 6) is 0.466. The van der Waals surface area contributed by atoms with Gasteiger partial charge in [0.05, 0.1) is 13.1 Å². The van der Waals surface area contributed by atoms with Crippen LogP contribution in [0.15, 0.2) is 6.20 Å². The lowest BCUT2D eigenvalue weighted by Gasteiger charge is -2.25. The molecule has 2 heterocycles. The van der Waals surface area contributed by atoms with Crippen LogP contribution < -0.4 is 4.90 Å². The van der Waals surface area contributed by atoms with Crippen LogP contribution in [0, 0.1) is 7.05 Å². The van der Waals surface area contributed by atoms with Crippen molar-refractivity contribution in [3.05, 3.63) is 24.8 Å². The van der Waals surface area contributed by atoms with Crippen LogP contribution in [0.5, 0.6) is 0 Å². The van der Waals surface area contributed by atoms with Crippen LogP contribution in [0.4, 0.5) is 13.2 Å². The molecular formula is C8H10F3N3. The second-order valence-electron chi connectivity index (χ2n) is 3.41. The van der Waals surface area contributed by atoms with E-state index in [1.807, 2.05) is 0 Å². The van der Waals surface area contributed by atoms with E-state index in [0.29, 0.717) is 18.9 Å². The highest BCUT2D eigenvalue weighted by Crippen LogP contribution is 2.28. The molecule has 1 unspecified atom stereocenters. The zero-order chi connectivity index (χ0) is 10.3. The topological polar surface area (TPSA) is 22.3 Å². The molecule has 0 bridgehead atoms. The minimum atomic E-state index is -4.34. The first-order valence-corrected chi connectivity index (χ1v) is 4.27. The molecule has 0 aliphatic carbocycles. The molecule has 6 heteroatoms. The maximum atomic E-state index is 12.3. The summed E-state index contributed by atoms with van der Waals surface area (Å²) in [4.78, 5) is 4.49. The second kappa shape index (κ2) is 2.98. The molecule has 1 aromatic heterocycles. The summed E-state index contributed by atoms with van der Waals surface area (Å²) in [5.41, 5.74) is -0.804. The fraction of sp³-hybridized carbons (Fsp3) is 0.500. The summed E-state index contributed by atoms with van der Waals surface area (Å²) in [6.07, 6.45) is -3.27. The molecule has 1 N–H and O–H groups in total. The van der Waals surface area contributed by atoms with E-state index in [1.54, 1.807) is 4.57 Å². The average Bonchev–Trinajstić information content (AvgIpc) is 2.45. The summed E-state index contributed by atoms with van der Waals surface area (Å²) in [5, 5.41) is 0. The van der Waals surface area contributed by atoms with Gasteiger partial charge in [-0.1, -0.05) is 0 Å². The lowest BCUT2D eigenvalue weighted by molar-refractivity contribution is -0.873. The Hall–Kier alpha value is -1.04. The number of halogens is 3. The Morgan fingerprint density at radius 2 is 2.21 bits per heavy atom. The lowest BCUT2D eigenvalue weighted by Crippen LogP contribution is -3.06. The van der Waals surface area contributed by atoms with Crippen molar-refractivity contribution < 1.29 is 18.1 Å². The van der Waals surface area contributed by atoms with Crippen LogP contribution in [0.2, 0.25) is 0 Å². The highest BCUT2D eigenvalue weighted by molar-refractivity contribution is 5.07. The number of aromatic nitrogens is 2. The van der Waals surface area contributed by atoms with Gasteiger partial charge in [-0.2, -0.15) is 20.2 Å². The average molecular weight is 205 g/mol. The summed E-state index contributed by atoms with van der Waals surface area (Å²) < 4.78 is 38.4. The molecule has 0 aromatic carbocycles. The van der Waals surface area contributed by atoms with Crippen molar-refractivity contribution in [1.82, 2.24) is 9.55 Å². The van der Waals surface area contributed by atoms with Crippen molar-refractivity contribution in [2.45, 2.75) is 19.3 Å². The highest BCUT2D eigenvalue weighted by atomic mass is 19.4. The van der Waals surface area contributed by atoms with Gasteiger partial charge in [-0.3, -0.25) is 0 Å². The van der Waals surface area contributed by atoms with Gasteiger partial charge in [0.2, 0.25) is 0 Å². The van der Waals surface area contributed by atoms with Crippen molar-refractivity contribution in [3.63, 3.8) is 0 Å². The fourth-order valence-corrected chi connectivity index (χ4v) is 1.52. The van der Waals surface area contributed by atoms with E-state index in [4.69, 9.17) is 0 Å². The van der Waals surface area contributed by atoms with E-state index in [9.17, 15) is 13.2 Å². The van der Waals surface area contributed by atoms with E-state index in [2.05, 4.69) is 12.0 Å². The molecule has 2 rings (SSSR count). The number of nitrogens with one attached hydrogen (secondary N) is 1. The Morgan fingerprint density at radius 3 is 2.86 bits per heavy atom. The largest absolute Gasteiger partial charge is 0.460 e.